The average Bonchev–Trinajstić information content (AvgIpc) is 2.87. The number of hydrogen-bond donors (Lipinski definition) is 0. The number of nitrogens with zero attached hydrogens (tertiary/aromatic N) is 1. The molecule has 21 heavy (non-hydrogen) atoms. The molecule has 0 saturated carbocycles. The van der Waals surface area contributed by atoms with Gasteiger partial charge in [-0.1, -0.05) is 0 Å². The Bertz CT molecular complexity index is 742. The van der Waals surface area contributed by atoms with Crippen molar-refractivity contribution in [3.63, 3.8) is 0 Å². The number of aromatic nitrogens is 1. The number of benzene rings is 2. The normalized spacial score (nSPS) is 10.9. The van der Waals surface area contributed by atoms with Crippen LogP contribution in [0.5, 0.6) is 0 Å². The number of carbonyl (C=O) groups excluding carboxylic acids is 1. The van der Waals surface area contributed by atoms with Crippen molar-refractivity contribution < 1.29 is 8.36 Å². The molecule has 3 rings (SSSR count). The van der Waals surface area contributed by atoms with Crippen LogP contribution in [0.1, 0.15) is 24.5 Å². The number of fused-ring (bicyclic) bond motifs is 1. The maximum atomic E-state index is 11.1. The van der Waals surface area contributed by atoms with Crippen LogP contribution in [0, 0.1) is 0 Å². The van der Waals surface area contributed by atoms with Gasteiger partial charge < -0.3 is 0 Å². The minimum absolute atomic E-state index is 0.257. The van der Waals surface area contributed by atoms with Crippen LogP contribution in [0.15, 0.2) is 54.7 Å². The molecule has 3 aromatic rings. The van der Waals surface area contributed by atoms with Crippen LogP contribution in [0.25, 0.3) is 9.65 Å². The predicted octanol–water partition coefficient (Wildman–Crippen LogP) is 2.75. The SMILES string of the molecule is CC(=O)CCc1cccc(C[n+]2cc3ccccc3[se]2)c1. The Morgan fingerprint density at radius 3 is 2.71 bits per heavy atom. The molecule has 0 unspecified atom stereocenters. The van der Waals surface area contributed by atoms with E-state index in [4.69, 9.17) is 0 Å². The third kappa shape index (κ3) is 3.69. The molecule has 1 aromatic heterocycles. The van der Waals surface area contributed by atoms with E-state index in [0.29, 0.717) is 21.2 Å². The van der Waals surface area contributed by atoms with E-state index in [2.05, 4.69) is 58.3 Å². The topological polar surface area (TPSA) is 20.9 Å². The van der Waals surface area contributed by atoms with Crippen molar-refractivity contribution in [1.29, 1.82) is 0 Å². The summed E-state index contributed by atoms with van der Waals surface area (Å²) in [5.41, 5.74) is 2.58. The summed E-state index contributed by atoms with van der Waals surface area (Å²) in [6.45, 7) is 2.60. The predicted molar refractivity (Wildman–Crippen MR) is 85.6 cm³/mol. The van der Waals surface area contributed by atoms with Crippen LogP contribution in [0.4, 0.5) is 0 Å². The number of rotatable bonds is 5. The molecule has 2 nitrogen and oxygen atoms in total. The Kier molecular flexibility index (Phi) is 4.33. The van der Waals surface area contributed by atoms with E-state index in [-0.39, 0.29) is 5.78 Å². The molecule has 1 heterocycles. The van der Waals surface area contributed by atoms with Crippen molar-refractivity contribution in [2.45, 2.75) is 26.3 Å². The fourth-order valence-electron chi connectivity index (χ4n) is 2.44. The van der Waals surface area contributed by atoms with Gasteiger partial charge >= 0.3 is 131 Å². The molecule has 0 aliphatic rings. The first-order chi connectivity index (χ1) is 10.2. The second kappa shape index (κ2) is 6.38. The van der Waals surface area contributed by atoms with Gasteiger partial charge in [0.15, 0.2) is 0 Å². The van der Waals surface area contributed by atoms with E-state index in [1.165, 1.54) is 20.8 Å². The van der Waals surface area contributed by atoms with Gasteiger partial charge in [0.2, 0.25) is 0 Å². The summed E-state index contributed by atoms with van der Waals surface area (Å²) in [7, 11) is 0. The number of Topliss-reactive ketones (excluding diaryl/α,β-unsaturated/α-hetero) is 1. The van der Waals surface area contributed by atoms with Crippen molar-refractivity contribution in [3.8, 4) is 0 Å². The monoisotopic (exact) mass is 344 g/mol. The molecule has 3 heteroatoms. The second-order valence-corrected chi connectivity index (χ2v) is 7.65. The van der Waals surface area contributed by atoms with E-state index in [1.807, 2.05) is 0 Å². The van der Waals surface area contributed by atoms with Gasteiger partial charge in [0.05, 0.1) is 0 Å². The van der Waals surface area contributed by atoms with Gasteiger partial charge in [-0.05, 0) is 0 Å². The van der Waals surface area contributed by atoms with Crippen molar-refractivity contribution in [1.82, 2.24) is 0 Å². The van der Waals surface area contributed by atoms with Crippen molar-refractivity contribution >= 4 is 30.2 Å². The molecule has 0 aliphatic heterocycles. The van der Waals surface area contributed by atoms with E-state index in [9.17, 15) is 4.79 Å². The van der Waals surface area contributed by atoms with Gasteiger partial charge in [-0.2, -0.15) is 0 Å². The van der Waals surface area contributed by atoms with Gasteiger partial charge in [0, 0.05) is 0 Å². The van der Waals surface area contributed by atoms with Crippen LogP contribution < -0.4 is 3.56 Å². The molecule has 0 amide bonds. The van der Waals surface area contributed by atoms with Gasteiger partial charge in [-0.15, -0.1) is 0 Å². The molecule has 0 saturated heterocycles. The first-order valence-electron chi connectivity index (χ1n) is 7.16. The fraction of sp³-hybridized carbons (Fsp3) is 0.222. The molecule has 0 spiro atoms. The van der Waals surface area contributed by atoms with E-state index in [1.54, 1.807) is 6.92 Å². The van der Waals surface area contributed by atoms with Crippen LogP contribution in [0.3, 0.4) is 0 Å². The Hall–Kier alpha value is -1.70. The van der Waals surface area contributed by atoms with Gasteiger partial charge in [0.25, 0.3) is 0 Å². The van der Waals surface area contributed by atoms with Gasteiger partial charge in [-0.25, -0.2) is 0 Å². The molecule has 0 atom stereocenters. The van der Waals surface area contributed by atoms with Crippen LogP contribution in [0.2, 0.25) is 0 Å². The van der Waals surface area contributed by atoms with Gasteiger partial charge in [-0.3, -0.25) is 0 Å². The van der Waals surface area contributed by atoms with E-state index >= 15 is 0 Å². The third-order valence-electron chi connectivity index (χ3n) is 3.51. The molecular formula is C18H18NOSe+. The standard InChI is InChI=1S/C18H18NOSe/c1-14(20)9-10-15-5-4-6-16(11-15)12-19-13-17-7-2-3-8-18(17)21-19/h2-8,11,13H,9-10,12H2,1H3/q+1. The Balaban J connectivity index is 1.77. The molecule has 0 bridgehead atoms. The number of aryl methyl sites for hydroxylation is 1. The van der Waals surface area contributed by atoms with E-state index < -0.39 is 0 Å². The zero-order chi connectivity index (χ0) is 14.7. The first-order valence-corrected chi connectivity index (χ1v) is 8.79. The molecule has 2 aromatic carbocycles. The molecule has 0 radical (unpaired) electrons. The first kappa shape index (κ1) is 14.2. The minimum atomic E-state index is 0.257. The summed E-state index contributed by atoms with van der Waals surface area (Å²) in [6.07, 6.45) is 3.74. The summed E-state index contributed by atoms with van der Waals surface area (Å²) >= 11 is 0.381. The summed E-state index contributed by atoms with van der Waals surface area (Å²) in [4.78, 5) is 11.1. The molecule has 0 fully saturated rings. The summed E-state index contributed by atoms with van der Waals surface area (Å²) in [5, 5.41) is 1.35. The average molecular weight is 343 g/mol. The number of hydrogen-bond acceptors (Lipinski definition) is 1. The van der Waals surface area contributed by atoms with Crippen molar-refractivity contribution in [2.24, 2.45) is 0 Å². The number of carbonyl (C=O) groups is 1. The zero-order valence-corrected chi connectivity index (χ0v) is 13.8. The number of ketones is 1. The quantitative estimate of drug-likeness (QED) is 0.653. The van der Waals surface area contributed by atoms with Crippen LogP contribution in [-0.4, -0.2) is 20.5 Å². The van der Waals surface area contributed by atoms with Crippen LogP contribution >= 0.6 is 0 Å². The molecule has 0 N–H and O–H groups in total. The Labute approximate surface area is 131 Å². The van der Waals surface area contributed by atoms with E-state index in [0.717, 1.165) is 13.0 Å². The van der Waals surface area contributed by atoms with Crippen molar-refractivity contribution in [3.05, 3.63) is 65.9 Å². The maximum absolute atomic E-state index is 11.1. The summed E-state index contributed by atoms with van der Waals surface area (Å²) in [5.74, 6) is 0.257. The molecule has 106 valence electrons. The zero-order valence-electron chi connectivity index (χ0n) is 12.1. The Morgan fingerprint density at radius 1 is 1.10 bits per heavy atom. The third-order valence-corrected chi connectivity index (χ3v) is 5.69. The molecular weight excluding hydrogens is 325 g/mol. The van der Waals surface area contributed by atoms with Crippen molar-refractivity contribution in [2.75, 3.05) is 0 Å². The Morgan fingerprint density at radius 2 is 1.90 bits per heavy atom. The second-order valence-electron chi connectivity index (χ2n) is 5.36. The van der Waals surface area contributed by atoms with Crippen LogP contribution in [-0.2, 0) is 17.8 Å². The summed E-state index contributed by atoms with van der Waals surface area (Å²) in [6, 6.07) is 17.2. The molecule has 0 aliphatic carbocycles. The fourth-order valence-corrected chi connectivity index (χ4v) is 4.53. The van der Waals surface area contributed by atoms with Gasteiger partial charge in [0.1, 0.15) is 0 Å². The summed E-state index contributed by atoms with van der Waals surface area (Å²) < 4.78 is 3.86.